The lowest BCUT2D eigenvalue weighted by Crippen LogP contribution is -2.32. The largest absolute Gasteiger partial charge is 0.508 e. The van der Waals surface area contributed by atoms with E-state index in [2.05, 4.69) is 30.8 Å². The first-order valence-electron chi connectivity index (χ1n) is 15.0. The number of benzene rings is 2. The number of alkyl halides is 6. The summed E-state index contributed by atoms with van der Waals surface area (Å²) >= 11 is 13.8. The molecule has 0 aliphatic rings. The summed E-state index contributed by atoms with van der Waals surface area (Å²) in [5.41, 5.74) is -2.89. The van der Waals surface area contributed by atoms with Crippen LogP contribution in [0.5, 0.6) is 0 Å². The van der Waals surface area contributed by atoms with Gasteiger partial charge in [-0.15, -0.1) is 23.5 Å². The maximum Gasteiger partial charge on any atom is 0.508 e. The molecule has 0 spiro atoms. The quantitative estimate of drug-likeness (QED) is 0.108. The fourth-order valence-electron chi connectivity index (χ4n) is 4.63. The fourth-order valence-corrected chi connectivity index (χ4v) is 6.97. The molecule has 2 atom stereocenters. The second kappa shape index (κ2) is 17.0. The van der Waals surface area contributed by atoms with Gasteiger partial charge in [0.2, 0.25) is 11.2 Å². The molecule has 0 aliphatic heterocycles. The Bertz CT molecular complexity index is 2070. The highest BCUT2D eigenvalue weighted by molar-refractivity contribution is 7.99. The van der Waals surface area contributed by atoms with Crippen molar-refractivity contribution in [1.82, 2.24) is 39.6 Å². The van der Waals surface area contributed by atoms with Gasteiger partial charge in [-0.05, 0) is 71.5 Å². The number of carbonyl (C=O) groups is 3. The van der Waals surface area contributed by atoms with Crippen LogP contribution in [0, 0.1) is 0 Å². The van der Waals surface area contributed by atoms with Crippen molar-refractivity contribution in [2.75, 3.05) is 25.7 Å². The van der Waals surface area contributed by atoms with Crippen molar-refractivity contribution >= 4 is 64.7 Å². The number of aryl methyl sites for hydroxylation is 2. The minimum atomic E-state index is -4.70. The molecule has 0 radical (unpaired) electrons. The molecule has 15 nitrogen and oxygen atoms in total. The van der Waals surface area contributed by atoms with E-state index in [-0.39, 0.29) is 45.4 Å². The summed E-state index contributed by atoms with van der Waals surface area (Å²) in [6.45, 7) is 2.33. The van der Waals surface area contributed by atoms with E-state index in [1.54, 1.807) is 0 Å². The van der Waals surface area contributed by atoms with Crippen molar-refractivity contribution in [3.8, 4) is 0 Å². The lowest BCUT2D eigenvalue weighted by molar-refractivity contribution is -0.140. The van der Waals surface area contributed by atoms with Crippen LogP contribution in [0.3, 0.4) is 0 Å². The van der Waals surface area contributed by atoms with Gasteiger partial charge in [-0.25, -0.2) is 23.5 Å². The smallest absolute Gasteiger partial charge is 0.432 e. The number of halogens is 8. The normalized spacial score (nSPS) is 14.0. The number of tetrazole rings is 2. The van der Waals surface area contributed by atoms with Gasteiger partial charge >= 0.3 is 18.5 Å². The van der Waals surface area contributed by atoms with Gasteiger partial charge in [-0.2, -0.15) is 36.3 Å². The summed E-state index contributed by atoms with van der Waals surface area (Å²) in [5.74, 6) is -1.96. The zero-order valence-corrected chi connectivity index (χ0v) is 31.9. The molecular formula is C29H28Cl2F6N10O5S2. The van der Waals surface area contributed by atoms with Crippen molar-refractivity contribution in [3.05, 3.63) is 67.8 Å². The van der Waals surface area contributed by atoms with E-state index in [0.717, 1.165) is 43.0 Å². The second-order valence-electron chi connectivity index (χ2n) is 11.1. The topological polar surface area (TPSA) is 166 Å². The van der Waals surface area contributed by atoms with Gasteiger partial charge in [0.1, 0.15) is 13.2 Å². The van der Waals surface area contributed by atoms with Crippen LogP contribution < -0.4 is 11.2 Å². The Morgan fingerprint density at radius 1 is 0.704 bits per heavy atom. The third-order valence-electron chi connectivity index (χ3n) is 7.33. The number of amides is 2. The van der Waals surface area contributed by atoms with Crippen molar-refractivity contribution in [2.24, 2.45) is 24.1 Å². The number of aromatic nitrogens is 8. The molecule has 2 unspecified atom stereocenters. The molecule has 292 valence electrons. The lowest BCUT2D eigenvalue weighted by Gasteiger charge is -2.15. The number of rotatable bonds is 10. The average Bonchev–Trinajstić information content (AvgIpc) is 3.65. The Morgan fingerprint density at radius 3 is 1.37 bits per heavy atom. The summed E-state index contributed by atoms with van der Waals surface area (Å²) < 4.78 is 95.4. The Labute approximate surface area is 319 Å². The van der Waals surface area contributed by atoms with Crippen LogP contribution >= 0.6 is 46.7 Å². The molecule has 54 heavy (non-hydrogen) atoms. The second-order valence-corrected chi connectivity index (χ2v) is 13.5. The molecule has 2 heterocycles. The Morgan fingerprint density at radius 2 is 1.06 bits per heavy atom. The fraction of sp³-hybridized carbons (Fsp3) is 0.414. The van der Waals surface area contributed by atoms with Crippen LogP contribution in [-0.2, 0) is 35.9 Å². The highest BCUT2D eigenvalue weighted by atomic mass is 35.5. The van der Waals surface area contributed by atoms with Crippen molar-refractivity contribution in [3.63, 3.8) is 0 Å². The first-order valence-corrected chi connectivity index (χ1v) is 18.2. The summed E-state index contributed by atoms with van der Waals surface area (Å²) in [7, 11) is 2.80. The predicted molar refractivity (Wildman–Crippen MR) is 181 cm³/mol. The van der Waals surface area contributed by atoms with E-state index < -0.39 is 63.6 Å². The SMILES string of the molecule is CSc1c(C(F)(F)F)ccc(C(=O)N=c2n(C)nnn2C(C)COC(=O)OCC(C)n2nnn(C)c2=NC(=O)c2ccc(C(F)(F)F)c(SC)c2Cl)c1Cl. The van der Waals surface area contributed by atoms with Crippen molar-refractivity contribution in [1.29, 1.82) is 0 Å². The lowest BCUT2D eigenvalue weighted by atomic mass is 10.1. The highest BCUT2D eigenvalue weighted by Gasteiger charge is 2.36. The first kappa shape index (κ1) is 42.4. The van der Waals surface area contributed by atoms with Crippen LogP contribution in [0.25, 0.3) is 0 Å². The number of nitrogens with zero attached hydrogens (tertiary/aromatic N) is 10. The number of ether oxygens (including phenoxy) is 2. The molecular weight excluding hydrogens is 817 g/mol. The third-order valence-corrected chi connectivity index (χ3v) is 10.0. The minimum absolute atomic E-state index is 0.146. The molecule has 0 bridgehead atoms. The van der Waals surface area contributed by atoms with E-state index in [1.807, 2.05) is 0 Å². The van der Waals surface area contributed by atoms with Gasteiger partial charge in [-0.1, -0.05) is 23.2 Å². The summed E-state index contributed by atoms with van der Waals surface area (Å²) in [4.78, 5) is 45.8. The number of hydrogen-bond donors (Lipinski definition) is 0. The molecule has 25 heteroatoms. The van der Waals surface area contributed by atoms with E-state index in [0.29, 0.717) is 23.5 Å². The van der Waals surface area contributed by atoms with Gasteiger partial charge in [0.15, 0.2) is 0 Å². The van der Waals surface area contributed by atoms with Crippen molar-refractivity contribution < 1.29 is 50.2 Å². The molecule has 0 saturated carbocycles. The Balaban J connectivity index is 1.44. The summed E-state index contributed by atoms with van der Waals surface area (Å²) in [5, 5.41) is 14.5. The van der Waals surface area contributed by atoms with E-state index in [9.17, 15) is 40.7 Å². The van der Waals surface area contributed by atoms with E-state index in [1.165, 1.54) is 40.5 Å². The Kier molecular flexibility index (Phi) is 13.3. The van der Waals surface area contributed by atoms with Gasteiger partial charge in [0.25, 0.3) is 11.8 Å². The molecule has 4 rings (SSSR count). The molecule has 0 aliphatic carbocycles. The standard InChI is InChI=1S/C29H28Cl2F6N10O5S2/c1-13(46-25(44(3)40-42-46)38-23(48)15-7-9-17(28(32,33)34)21(53-5)19(15)30)11-51-27(50)52-12-14(2)47-26(45(4)41-43-47)39-24(49)16-8-10-18(29(35,36)37)22(54-6)20(16)31/h7-10,13-14H,11-12H2,1-6H3. The first-order chi connectivity index (χ1) is 25.2. The van der Waals surface area contributed by atoms with Crippen molar-refractivity contribution in [2.45, 2.75) is 48.1 Å². The van der Waals surface area contributed by atoms with Crippen LogP contribution in [0.15, 0.2) is 44.0 Å². The van der Waals surface area contributed by atoms with Crippen LogP contribution in [0.4, 0.5) is 31.1 Å². The highest BCUT2D eigenvalue weighted by Crippen LogP contribution is 2.42. The number of carbonyl (C=O) groups excluding carboxylic acids is 3. The minimum Gasteiger partial charge on any atom is -0.432 e. The molecule has 2 aromatic heterocycles. The summed E-state index contributed by atoms with van der Waals surface area (Å²) in [6.07, 6.45) is -7.79. The van der Waals surface area contributed by atoms with Crippen LogP contribution in [0.2, 0.25) is 10.0 Å². The summed E-state index contributed by atoms with van der Waals surface area (Å²) in [6, 6.07) is 1.70. The monoisotopic (exact) mass is 844 g/mol. The van der Waals surface area contributed by atoms with Crippen LogP contribution in [0.1, 0.15) is 57.8 Å². The zero-order valence-electron chi connectivity index (χ0n) is 28.7. The van der Waals surface area contributed by atoms with Crippen LogP contribution in [-0.4, -0.2) is 83.3 Å². The maximum atomic E-state index is 13.4. The zero-order chi connectivity index (χ0) is 40.3. The van der Waals surface area contributed by atoms with Gasteiger partial charge in [0, 0.05) is 23.9 Å². The van der Waals surface area contributed by atoms with E-state index in [4.69, 9.17) is 32.7 Å². The Hall–Kier alpha value is -4.35. The third kappa shape index (κ3) is 9.29. The predicted octanol–water partition coefficient (Wildman–Crippen LogP) is 5.79. The molecule has 0 N–H and O–H groups in total. The van der Waals surface area contributed by atoms with Gasteiger partial charge in [0.05, 0.1) is 44.4 Å². The average molecular weight is 846 g/mol. The van der Waals surface area contributed by atoms with Gasteiger partial charge < -0.3 is 9.47 Å². The molecule has 0 fully saturated rings. The number of hydrogen-bond acceptors (Lipinski definition) is 11. The maximum absolute atomic E-state index is 13.4. The van der Waals surface area contributed by atoms with E-state index >= 15 is 0 Å². The molecule has 2 amide bonds. The molecule has 2 aromatic carbocycles. The van der Waals surface area contributed by atoms with Gasteiger partial charge in [-0.3, -0.25) is 9.59 Å². The molecule has 4 aromatic rings. The molecule has 0 saturated heterocycles. The number of thioether (sulfide) groups is 2.